The Kier molecular flexibility index (Phi) is 4.39. The van der Waals surface area contributed by atoms with E-state index >= 15 is 0 Å². The van der Waals surface area contributed by atoms with Crippen LogP contribution in [0.2, 0.25) is 0 Å². The number of carboxylic acid groups (broad SMARTS) is 1. The lowest BCUT2D eigenvalue weighted by molar-refractivity contribution is 0.0697. The Hall–Kier alpha value is -2.66. The number of nitrogens with zero attached hydrogens (tertiary/aromatic N) is 1. The molecule has 1 aromatic carbocycles. The van der Waals surface area contributed by atoms with Crippen LogP contribution in [0.1, 0.15) is 28.8 Å². The van der Waals surface area contributed by atoms with Crippen LogP contribution in [0, 0.1) is 0 Å². The first-order valence-corrected chi connectivity index (χ1v) is 7.69. The van der Waals surface area contributed by atoms with Gasteiger partial charge in [-0.25, -0.2) is 4.79 Å². The number of unbranched alkanes of at least 4 members (excludes halogenated alkanes) is 1. The van der Waals surface area contributed by atoms with Crippen LogP contribution >= 0.6 is 0 Å². The molecule has 0 saturated heterocycles. The van der Waals surface area contributed by atoms with Crippen LogP contribution in [-0.2, 0) is 6.42 Å². The minimum absolute atomic E-state index is 0.300. The zero-order valence-electron chi connectivity index (χ0n) is 12.7. The summed E-state index contributed by atoms with van der Waals surface area (Å²) in [5.41, 5.74) is 9.98. The van der Waals surface area contributed by atoms with Crippen LogP contribution in [0.25, 0.3) is 22.2 Å². The molecule has 0 aliphatic heterocycles. The van der Waals surface area contributed by atoms with E-state index in [1.807, 2.05) is 24.4 Å². The van der Waals surface area contributed by atoms with Gasteiger partial charge in [-0.15, -0.1) is 0 Å². The van der Waals surface area contributed by atoms with Crippen molar-refractivity contribution in [1.29, 1.82) is 0 Å². The van der Waals surface area contributed by atoms with Crippen molar-refractivity contribution in [3.05, 3.63) is 53.9 Å². The highest BCUT2D eigenvalue weighted by Crippen LogP contribution is 2.31. The van der Waals surface area contributed by atoms with E-state index in [-0.39, 0.29) is 0 Å². The molecule has 2 aromatic heterocycles. The number of carboxylic acids is 1. The second kappa shape index (κ2) is 6.62. The highest BCUT2D eigenvalue weighted by molar-refractivity contribution is 5.97. The van der Waals surface area contributed by atoms with Gasteiger partial charge < -0.3 is 15.8 Å². The van der Waals surface area contributed by atoms with E-state index in [0.717, 1.165) is 47.0 Å². The first-order chi connectivity index (χ1) is 11.2. The van der Waals surface area contributed by atoms with Gasteiger partial charge in [-0.05, 0) is 61.7 Å². The third-order valence-corrected chi connectivity index (χ3v) is 3.98. The summed E-state index contributed by atoms with van der Waals surface area (Å²) in [6.07, 6.45) is 6.31. The van der Waals surface area contributed by atoms with E-state index in [1.54, 1.807) is 18.3 Å². The molecule has 2 heterocycles. The number of fused-ring (bicyclic) bond motifs is 1. The minimum atomic E-state index is -0.913. The summed E-state index contributed by atoms with van der Waals surface area (Å²) in [6, 6.07) is 9.09. The number of aromatic carboxylic acids is 1. The highest BCUT2D eigenvalue weighted by atomic mass is 16.4. The number of nitrogens with two attached hydrogens (primary N) is 1. The summed E-state index contributed by atoms with van der Waals surface area (Å²) in [5.74, 6) is -0.913. The molecule has 0 amide bonds. The topological polar surface area (TPSA) is 92.0 Å². The molecule has 0 aliphatic carbocycles. The van der Waals surface area contributed by atoms with E-state index in [2.05, 4.69) is 9.97 Å². The molecule has 23 heavy (non-hydrogen) atoms. The van der Waals surface area contributed by atoms with E-state index in [0.29, 0.717) is 12.1 Å². The monoisotopic (exact) mass is 309 g/mol. The fourth-order valence-electron chi connectivity index (χ4n) is 2.84. The normalized spacial score (nSPS) is 11.0. The number of aryl methyl sites for hydroxylation is 1. The molecule has 0 atom stereocenters. The number of pyridine rings is 1. The Bertz CT molecular complexity index is 825. The van der Waals surface area contributed by atoms with Crippen molar-refractivity contribution in [2.24, 2.45) is 5.73 Å². The van der Waals surface area contributed by atoms with Crippen LogP contribution in [0.3, 0.4) is 0 Å². The lowest BCUT2D eigenvalue weighted by Crippen LogP contribution is -1.99. The largest absolute Gasteiger partial charge is 0.478 e. The van der Waals surface area contributed by atoms with Gasteiger partial charge in [-0.2, -0.15) is 0 Å². The molecule has 0 saturated carbocycles. The highest BCUT2D eigenvalue weighted by Gasteiger charge is 2.15. The number of hydrogen-bond donors (Lipinski definition) is 3. The molecule has 0 aliphatic rings. The summed E-state index contributed by atoms with van der Waals surface area (Å²) < 4.78 is 0. The Labute approximate surface area is 134 Å². The lowest BCUT2D eigenvalue weighted by atomic mass is 10.00. The molecule has 5 heteroatoms. The van der Waals surface area contributed by atoms with E-state index < -0.39 is 5.97 Å². The Balaban J connectivity index is 2.14. The van der Waals surface area contributed by atoms with Crippen molar-refractivity contribution in [3.63, 3.8) is 0 Å². The summed E-state index contributed by atoms with van der Waals surface area (Å²) in [6.45, 7) is 0.658. The van der Waals surface area contributed by atoms with Crippen LogP contribution in [0.4, 0.5) is 0 Å². The van der Waals surface area contributed by atoms with Gasteiger partial charge in [0.25, 0.3) is 0 Å². The number of nitrogens with one attached hydrogen (secondary N) is 1. The predicted octanol–water partition coefficient (Wildman–Crippen LogP) is 3.21. The number of benzene rings is 1. The number of aromatic nitrogens is 2. The average Bonchev–Trinajstić information content (AvgIpc) is 2.94. The second-order valence-corrected chi connectivity index (χ2v) is 5.53. The second-order valence-electron chi connectivity index (χ2n) is 5.53. The van der Waals surface area contributed by atoms with Gasteiger partial charge in [0.1, 0.15) is 0 Å². The SMILES string of the molecule is NCCCCc1c(-c2cccnc2)[nH]c2ccc(C(=O)O)cc12. The molecule has 5 nitrogen and oxygen atoms in total. The molecular weight excluding hydrogens is 290 g/mol. The first kappa shape index (κ1) is 15.2. The summed E-state index contributed by atoms with van der Waals surface area (Å²) in [4.78, 5) is 18.8. The van der Waals surface area contributed by atoms with Gasteiger partial charge >= 0.3 is 5.97 Å². The third kappa shape index (κ3) is 3.10. The van der Waals surface area contributed by atoms with Gasteiger partial charge in [0.05, 0.1) is 11.3 Å². The molecule has 0 spiro atoms. The van der Waals surface area contributed by atoms with Gasteiger partial charge in [-0.3, -0.25) is 4.98 Å². The molecule has 118 valence electrons. The smallest absolute Gasteiger partial charge is 0.335 e. The summed E-state index contributed by atoms with van der Waals surface area (Å²) >= 11 is 0. The van der Waals surface area contributed by atoms with Crippen molar-refractivity contribution < 1.29 is 9.90 Å². The maximum absolute atomic E-state index is 11.3. The maximum Gasteiger partial charge on any atom is 0.335 e. The van der Waals surface area contributed by atoms with Crippen molar-refractivity contribution in [2.45, 2.75) is 19.3 Å². The quantitative estimate of drug-likeness (QED) is 0.610. The predicted molar refractivity (Wildman–Crippen MR) is 90.5 cm³/mol. The Morgan fingerprint density at radius 1 is 1.26 bits per heavy atom. The van der Waals surface area contributed by atoms with Gasteiger partial charge in [-0.1, -0.05) is 0 Å². The van der Waals surface area contributed by atoms with Gasteiger partial charge in [0, 0.05) is 28.9 Å². The zero-order valence-corrected chi connectivity index (χ0v) is 12.7. The molecular formula is C18H19N3O2. The Morgan fingerprint density at radius 3 is 2.83 bits per heavy atom. The van der Waals surface area contributed by atoms with Crippen LogP contribution in [0.15, 0.2) is 42.7 Å². The number of aromatic amines is 1. The standard InChI is InChI=1S/C18H19N3O2/c19-8-2-1-5-14-15-10-12(18(22)23)6-7-16(15)21-17(14)13-4-3-9-20-11-13/h3-4,6-7,9-11,21H,1-2,5,8,19H2,(H,22,23). The molecule has 0 fully saturated rings. The van der Waals surface area contributed by atoms with Gasteiger partial charge in [0.15, 0.2) is 0 Å². The van der Waals surface area contributed by atoms with Crippen LogP contribution in [0.5, 0.6) is 0 Å². The molecule has 0 unspecified atom stereocenters. The lowest BCUT2D eigenvalue weighted by Gasteiger charge is -2.05. The van der Waals surface area contributed by atoms with E-state index in [1.165, 1.54) is 0 Å². The fraction of sp³-hybridized carbons (Fsp3) is 0.222. The van der Waals surface area contributed by atoms with E-state index in [9.17, 15) is 9.90 Å². The Morgan fingerprint density at radius 2 is 2.13 bits per heavy atom. The number of rotatable bonds is 6. The van der Waals surface area contributed by atoms with Crippen molar-refractivity contribution >= 4 is 16.9 Å². The number of carbonyl (C=O) groups is 1. The summed E-state index contributed by atoms with van der Waals surface area (Å²) in [5, 5.41) is 10.2. The maximum atomic E-state index is 11.3. The van der Waals surface area contributed by atoms with Crippen LogP contribution in [-0.4, -0.2) is 27.6 Å². The average molecular weight is 309 g/mol. The fourth-order valence-corrected chi connectivity index (χ4v) is 2.84. The number of H-pyrrole nitrogens is 1. The van der Waals surface area contributed by atoms with Crippen molar-refractivity contribution in [3.8, 4) is 11.3 Å². The summed E-state index contributed by atoms with van der Waals surface area (Å²) in [7, 11) is 0. The zero-order chi connectivity index (χ0) is 16.2. The van der Waals surface area contributed by atoms with Crippen molar-refractivity contribution in [1.82, 2.24) is 9.97 Å². The van der Waals surface area contributed by atoms with E-state index in [4.69, 9.17) is 5.73 Å². The molecule has 0 radical (unpaired) electrons. The van der Waals surface area contributed by atoms with Crippen molar-refractivity contribution in [2.75, 3.05) is 6.54 Å². The molecule has 0 bridgehead atoms. The molecule has 3 aromatic rings. The van der Waals surface area contributed by atoms with Crippen LogP contribution < -0.4 is 5.73 Å². The minimum Gasteiger partial charge on any atom is -0.478 e. The third-order valence-electron chi connectivity index (χ3n) is 3.98. The number of hydrogen-bond acceptors (Lipinski definition) is 3. The van der Waals surface area contributed by atoms with Gasteiger partial charge in [0.2, 0.25) is 0 Å². The molecule has 3 rings (SSSR count). The molecule has 4 N–H and O–H groups in total. The first-order valence-electron chi connectivity index (χ1n) is 7.69.